The molecular formula is C7H10ClNO2S. The lowest BCUT2D eigenvalue weighted by Crippen LogP contribution is -2.08. The van der Waals surface area contributed by atoms with Crippen molar-refractivity contribution in [2.24, 2.45) is 0 Å². The van der Waals surface area contributed by atoms with Gasteiger partial charge >= 0.3 is 0 Å². The van der Waals surface area contributed by atoms with Crippen molar-refractivity contribution in [3.05, 3.63) is 30.3 Å². The first kappa shape index (κ1) is 11.3. The molecule has 0 radical (unpaired) electrons. The number of para-hydroxylation sites is 1. The molecule has 3 nitrogen and oxygen atoms in total. The van der Waals surface area contributed by atoms with Gasteiger partial charge in [-0.1, -0.05) is 18.2 Å². The zero-order chi connectivity index (χ0) is 8.32. The molecule has 0 saturated carbocycles. The van der Waals surface area contributed by atoms with Crippen molar-refractivity contribution in [1.82, 2.24) is 0 Å². The summed E-state index contributed by atoms with van der Waals surface area (Å²) in [5.41, 5.74) is 0.593. The summed E-state index contributed by atoms with van der Waals surface area (Å²) in [6.07, 6.45) is 1.12. The molecule has 68 valence electrons. The predicted molar refractivity (Wildman–Crippen MR) is 52.2 cm³/mol. The van der Waals surface area contributed by atoms with Gasteiger partial charge in [-0.15, -0.1) is 12.4 Å². The molecule has 0 saturated heterocycles. The van der Waals surface area contributed by atoms with E-state index in [9.17, 15) is 8.42 Å². The number of anilines is 1. The minimum atomic E-state index is -3.13. The van der Waals surface area contributed by atoms with Crippen molar-refractivity contribution in [2.75, 3.05) is 11.0 Å². The van der Waals surface area contributed by atoms with E-state index < -0.39 is 10.0 Å². The first-order valence-electron chi connectivity index (χ1n) is 3.11. The molecule has 0 bridgehead atoms. The van der Waals surface area contributed by atoms with Crippen molar-refractivity contribution in [1.29, 1.82) is 0 Å². The smallest absolute Gasteiger partial charge is 0.229 e. The fraction of sp³-hybridized carbons (Fsp3) is 0.143. The Balaban J connectivity index is 0.00000121. The molecule has 0 atom stereocenters. The van der Waals surface area contributed by atoms with Crippen LogP contribution in [0, 0.1) is 0 Å². The Labute approximate surface area is 78.3 Å². The highest BCUT2D eigenvalue weighted by Gasteiger charge is 1.98. The van der Waals surface area contributed by atoms with Crippen LogP contribution in [0.3, 0.4) is 0 Å². The Kier molecular flexibility index (Phi) is 4.06. The molecule has 0 aromatic heterocycles. The van der Waals surface area contributed by atoms with E-state index in [1.54, 1.807) is 24.3 Å². The zero-order valence-electron chi connectivity index (χ0n) is 6.52. The Morgan fingerprint density at radius 3 is 2.08 bits per heavy atom. The van der Waals surface area contributed by atoms with Crippen molar-refractivity contribution in [3.63, 3.8) is 0 Å². The van der Waals surface area contributed by atoms with Gasteiger partial charge in [0, 0.05) is 5.69 Å². The first-order valence-corrected chi connectivity index (χ1v) is 5.00. The van der Waals surface area contributed by atoms with Crippen LogP contribution in [0.1, 0.15) is 0 Å². The number of sulfonamides is 1. The third-order valence-corrected chi connectivity index (χ3v) is 1.68. The number of halogens is 1. The summed E-state index contributed by atoms with van der Waals surface area (Å²) < 4.78 is 23.7. The van der Waals surface area contributed by atoms with Gasteiger partial charge in [0.25, 0.3) is 0 Å². The van der Waals surface area contributed by atoms with E-state index in [4.69, 9.17) is 0 Å². The molecule has 0 unspecified atom stereocenters. The third kappa shape index (κ3) is 4.20. The van der Waals surface area contributed by atoms with E-state index in [1.165, 1.54) is 0 Å². The molecule has 0 fully saturated rings. The molecular weight excluding hydrogens is 198 g/mol. The minimum absolute atomic E-state index is 0. The molecule has 0 aliphatic heterocycles. The molecule has 0 heterocycles. The van der Waals surface area contributed by atoms with Gasteiger partial charge in [0.2, 0.25) is 10.0 Å². The van der Waals surface area contributed by atoms with E-state index in [0.717, 1.165) is 6.26 Å². The molecule has 12 heavy (non-hydrogen) atoms. The van der Waals surface area contributed by atoms with Crippen LogP contribution in [0.25, 0.3) is 0 Å². The van der Waals surface area contributed by atoms with E-state index in [1.807, 2.05) is 6.07 Å². The maximum Gasteiger partial charge on any atom is 0.229 e. The average Bonchev–Trinajstić information content (AvgIpc) is 1.85. The lowest BCUT2D eigenvalue weighted by atomic mass is 10.3. The summed E-state index contributed by atoms with van der Waals surface area (Å²) in [4.78, 5) is 0. The summed E-state index contributed by atoms with van der Waals surface area (Å²) >= 11 is 0. The second kappa shape index (κ2) is 4.33. The highest BCUT2D eigenvalue weighted by Crippen LogP contribution is 2.05. The van der Waals surface area contributed by atoms with Crippen LogP contribution in [0.15, 0.2) is 30.3 Å². The zero-order valence-corrected chi connectivity index (χ0v) is 8.15. The van der Waals surface area contributed by atoms with Crippen LogP contribution >= 0.6 is 12.4 Å². The highest BCUT2D eigenvalue weighted by molar-refractivity contribution is 7.92. The maximum absolute atomic E-state index is 10.7. The maximum atomic E-state index is 10.7. The Morgan fingerprint density at radius 2 is 1.67 bits per heavy atom. The lowest BCUT2D eigenvalue weighted by Gasteiger charge is -2.00. The number of hydrogen-bond acceptors (Lipinski definition) is 2. The molecule has 1 aromatic carbocycles. The molecule has 5 heteroatoms. The third-order valence-electron chi connectivity index (χ3n) is 1.08. The van der Waals surface area contributed by atoms with Crippen molar-refractivity contribution >= 4 is 28.1 Å². The monoisotopic (exact) mass is 207 g/mol. The van der Waals surface area contributed by atoms with Crippen molar-refractivity contribution in [2.45, 2.75) is 0 Å². The summed E-state index contributed by atoms with van der Waals surface area (Å²) in [7, 11) is -3.13. The SMILES string of the molecule is CS(=O)(=O)Nc1ccccc1.Cl. The Morgan fingerprint density at radius 1 is 1.17 bits per heavy atom. The van der Waals surface area contributed by atoms with Gasteiger partial charge in [-0.3, -0.25) is 4.72 Å². The van der Waals surface area contributed by atoms with Crippen LogP contribution in [0.5, 0.6) is 0 Å². The number of hydrogen-bond donors (Lipinski definition) is 1. The second-order valence-corrected chi connectivity index (χ2v) is 3.99. The molecule has 0 aliphatic rings. The molecule has 0 spiro atoms. The average molecular weight is 208 g/mol. The van der Waals surface area contributed by atoms with Crippen molar-refractivity contribution in [3.8, 4) is 0 Å². The van der Waals surface area contributed by atoms with Gasteiger partial charge in [0.05, 0.1) is 6.26 Å². The molecule has 1 rings (SSSR count). The number of nitrogens with one attached hydrogen (secondary N) is 1. The topological polar surface area (TPSA) is 46.2 Å². The summed E-state index contributed by atoms with van der Waals surface area (Å²) in [5.74, 6) is 0. The van der Waals surface area contributed by atoms with Crippen LogP contribution in [0.2, 0.25) is 0 Å². The van der Waals surface area contributed by atoms with Crippen LogP contribution in [-0.4, -0.2) is 14.7 Å². The fourth-order valence-electron chi connectivity index (χ4n) is 0.720. The summed E-state index contributed by atoms with van der Waals surface area (Å²) in [5, 5.41) is 0. The van der Waals surface area contributed by atoms with E-state index in [-0.39, 0.29) is 12.4 Å². The first-order chi connectivity index (χ1) is 5.08. The van der Waals surface area contributed by atoms with E-state index in [2.05, 4.69) is 4.72 Å². The summed E-state index contributed by atoms with van der Waals surface area (Å²) in [6, 6.07) is 8.76. The standard InChI is InChI=1S/C7H9NO2S.ClH/c1-11(9,10)8-7-5-3-2-4-6-7;/h2-6,8H,1H3;1H. The molecule has 1 N–H and O–H groups in total. The van der Waals surface area contributed by atoms with E-state index >= 15 is 0 Å². The normalized spacial score (nSPS) is 10.1. The number of benzene rings is 1. The number of rotatable bonds is 2. The molecule has 0 amide bonds. The highest BCUT2D eigenvalue weighted by atomic mass is 35.5. The Hall–Kier alpha value is -0.740. The van der Waals surface area contributed by atoms with Gasteiger partial charge in [-0.05, 0) is 12.1 Å². The Bertz CT molecular complexity index is 323. The van der Waals surface area contributed by atoms with Crippen LogP contribution in [-0.2, 0) is 10.0 Å². The molecule has 0 aliphatic carbocycles. The van der Waals surface area contributed by atoms with E-state index in [0.29, 0.717) is 5.69 Å². The molecule has 1 aromatic rings. The van der Waals surface area contributed by atoms with Crippen LogP contribution in [0.4, 0.5) is 5.69 Å². The van der Waals surface area contributed by atoms with Crippen molar-refractivity contribution < 1.29 is 8.42 Å². The predicted octanol–water partition coefficient (Wildman–Crippen LogP) is 1.48. The quantitative estimate of drug-likeness (QED) is 0.799. The van der Waals surface area contributed by atoms with Gasteiger partial charge in [0.15, 0.2) is 0 Å². The largest absolute Gasteiger partial charge is 0.284 e. The second-order valence-electron chi connectivity index (χ2n) is 2.24. The summed E-state index contributed by atoms with van der Waals surface area (Å²) in [6.45, 7) is 0. The fourth-order valence-corrected chi connectivity index (χ4v) is 1.28. The van der Waals surface area contributed by atoms with Gasteiger partial charge in [0.1, 0.15) is 0 Å². The lowest BCUT2D eigenvalue weighted by molar-refractivity contribution is 0.607. The van der Waals surface area contributed by atoms with Gasteiger partial charge in [-0.25, -0.2) is 8.42 Å². The van der Waals surface area contributed by atoms with Gasteiger partial charge in [-0.2, -0.15) is 0 Å². The van der Waals surface area contributed by atoms with Crippen LogP contribution < -0.4 is 4.72 Å². The minimum Gasteiger partial charge on any atom is -0.284 e. The van der Waals surface area contributed by atoms with Gasteiger partial charge < -0.3 is 0 Å².